The molecule has 30 heavy (non-hydrogen) atoms. The highest BCUT2D eigenvalue weighted by atomic mass is 16.6. The number of nitro benzene ring substituents is 1. The Morgan fingerprint density at radius 3 is 2.37 bits per heavy atom. The summed E-state index contributed by atoms with van der Waals surface area (Å²) in [5, 5.41) is 13.7. The smallest absolute Gasteiger partial charge is 0.314 e. The summed E-state index contributed by atoms with van der Waals surface area (Å²) < 4.78 is 10.4. The van der Waals surface area contributed by atoms with Gasteiger partial charge in [0.25, 0.3) is 11.6 Å². The summed E-state index contributed by atoms with van der Waals surface area (Å²) in [7, 11) is 1.39. The van der Waals surface area contributed by atoms with Crippen LogP contribution in [0.4, 0.5) is 11.4 Å². The number of hydrogen-bond acceptors (Lipinski definition) is 6. The standard InChI is InChI=1S/C22H26N2O6/c1-5-14(2)20(16-9-7-6-8-10-16)22(26)30-15(3)21(25)23-18-12-11-17(29-4)13-19(18)24(27)28/h6-15,20H,5H2,1-4H3,(H,23,25)/t14-,15+,20+/m1/s1. The maximum absolute atomic E-state index is 12.8. The molecule has 3 atom stereocenters. The molecule has 0 fully saturated rings. The minimum Gasteiger partial charge on any atom is -0.496 e. The van der Waals surface area contributed by atoms with E-state index < -0.39 is 28.8 Å². The normalized spacial score (nSPS) is 13.6. The van der Waals surface area contributed by atoms with Crippen LogP contribution >= 0.6 is 0 Å². The van der Waals surface area contributed by atoms with Crippen LogP contribution in [0.1, 0.15) is 38.7 Å². The Labute approximate surface area is 175 Å². The fraction of sp³-hybridized carbons (Fsp3) is 0.364. The Morgan fingerprint density at radius 2 is 1.80 bits per heavy atom. The van der Waals surface area contributed by atoms with Crippen LogP contribution in [0.2, 0.25) is 0 Å². The lowest BCUT2D eigenvalue weighted by molar-refractivity contribution is -0.384. The largest absolute Gasteiger partial charge is 0.496 e. The lowest BCUT2D eigenvalue weighted by Crippen LogP contribution is -2.33. The van der Waals surface area contributed by atoms with Crippen LogP contribution in [-0.2, 0) is 14.3 Å². The van der Waals surface area contributed by atoms with Crippen LogP contribution in [0.25, 0.3) is 0 Å². The molecule has 8 nitrogen and oxygen atoms in total. The average molecular weight is 414 g/mol. The van der Waals surface area contributed by atoms with E-state index in [1.807, 2.05) is 44.2 Å². The number of carbonyl (C=O) groups is 2. The number of hydrogen-bond donors (Lipinski definition) is 1. The molecule has 2 rings (SSSR count). The summed E-state index contributed by atoms with van der Waals surface area (Å²) in [6.07, 6.45) is -0.373. The highest BCUT2D eigenvalue weighted by Crippen LogP contribution is 2.30. The van der Waals surface area contributed by atoms with E-state index in [-0.39, 0.29) is 17.3 Å². The number of carbonyl (C=O) groups excluding carboxylic acids is 2. The van der Waals surface area contributed by atoms with Gasteiger partial charge in [-0.1, -0.05) is 50.6 Å². The Bertz CT molecular complexity index is 900. The van der Waals surface area contributed by atoms with Crippen molar-refractivity contribution >= 4 is 23.3 Å². The van der Waals surface area contributed by atoms with Crippen LogP contribution in [-0.4, -0.2) is 30.0 Å². The topological polar surface area (TPSA) is 108 Å². The molecule has 2 aromatic rings. The molecule has 0 aliphatic carbocycles. The quantitative estimate of drug-likeness (QED) is 0.372. The van der Waals surface area contributed by atoms with E-state index in [9.17, 15) is 19.7 Å². The summed E-state index contributed by atoms with van der Waals surface area (Å²) in [6, 6.07) is 13.3. The Kier molecular flexibility index (Phi) is 7.91. The molecule has 2 aromatic carbocycles. The third-order valence-corrected chi connectivity index (χ3v) is 4.95. The van der Waals surface area contributed by atoms with E-state index in [2.05, 4.69) is 5.32 Å². The highest BCUT2D eigenvalue weighted by molar-refractivity contribution is 5.97. The van der Waals surface area contributed by atoms with Gasteiger partial charge in [-0.25, -0.2) is 0 Å². The van der Waals surface area contributed by atoms with Crippen LogP contribution in [0, 0.1) is 16.0 Å². The monoisotopic (exact) mass is 414 g/mol. The fourth-order valence-corrected chi connectivity index (χ4v) is 3.02. The Hall–Kier alpha value is -3.42. The minimum absolute atomic E-state index is 0.00441. The summed E-state index contributed by atoms with van der Waals surface area (Å²) >= 11 is 0. The highest BCUT2D eigenvalue weighted by Gasteiger charge is 2.30. The molecular formula is C22H26N2O6. The van der Waals surface area contributed by atoms with Gasteiger partial charge >= 0.3 is 5.97 Å². The first-order valence-corrected chi connectivity index (χ1v) is 9.67. The van der Waals surface area contributed by atoms with Crippen molar-refractivity contribution in [2.75, 3.05) is 12.4 Å². The lowest BCUT2D eigenvalue weighted by atomic mass is 9.85. The molecule has 0 bridgehead atoms. The maximum Gasteiger partial charge on any atom is 0.314 e. The van der Waals surface area contributed by atoms with Gasteiger partial charge in [0, 0.05) is 0 Å². The zero-order valence-electron chi connectivity index (χ0n) is 17.5. The lowest BCUT2D eigenvalue weighted by Gasteiger charge is -2.23. The van der Waals surface area contributed by atoms with E-state index in [1.54, 1.807) is 0 Å². The molecule has 0 aliphatic heterocycles. The molecule has 1 N–H and O–H groups in total. The van der Waals surface area contributed by atoms with Crippen LogP contribution in [0.15, 0.2) is 48.5 Å². The molecule has 0 heterocycles. The molecular weight excluding hydrogens is 388 g/mol. The molecule has 0 saturated carbocycles. The van der Waals surface area contributed by atoms with Crippen LogP contribution in [0.3, 0.4) is 0 Å². The van der Waals surface area contributed by atoms with E-state index in [0.717, 1.165) is 12.0 Å². The maximum atomic E-state index is 12.8. The zero-order valence-corrected chi connectivity index (χ0v) is 17.5. The number of amides is 1. The van der Waals surface area contributed by atoms with E-state index >= 15 is 0 Å². The Morgan fingerprint density at radius 1 is 1.13 bits per heavy atom. The fourth-order valence-electron chi connectivity index (χ4n) is 3.02. The summed E-state index contributed by atoms with van der Waals surface area (Å²) in [6.45, 7) is 5.36. The average Bonchev–Trinajstić information content (AvgIpc) is 2.74. The number of nitro groups is 1. The number of benzene rings is 2. The van der Waals surface area contributed by atoms with Crippen molar-refractivity contribution in [3.05, 3.63) is 64.2 Å². The van der Waals surface area contributed by atoms with Crippen molar-refractivity contribution < 1.29 is 24.0 Å². The van der Waals surface area contributed by atoms with Crippen molar-refractivity contribution in [1.82, 2.24) is 0 Å². The molecule has 0 unspecified atom stereocenters. The third kappa shape index (κ3) is 5.56. The van der Waals surface area contributed by atoms with Crippen molar-refractivity contribution in [1.29, 1.82) is 0 Å². The number of nitrogens with one attached hydrogen (secondary N) is 1. The van der Waals surface area contributed by atoms with Crippen molar-refractivity contribution in [3.63, 3.8) is 0 Å². The van der Waals surface area contributed by atoms with Crippen molar-refractivity contribution in [2.24, 2.45) is 5.92 Å². The molecule has 8 heteroatoms. The van der Waals surface area contributed by atoms with E-state index in [1.165, 1.54) is 32.2 Å². The minimum atomic E-state index is -1.13. The summed E-state index contributed by atoms with van der Waals surface area (Å²) in [4.78, 5) is 36.0. The summed E-state index contributed by atoms with van der Waals surface area (Å²) in [5.41, 5.74) is 0.494. The van der Waals surface area contributed by atoms with Gasteiger partial charge < -0.3 is 14.8 Å². The van der Waals surface area contributed by atoms with Gasteiger partial charge in [0.1, 0.15) is 11.4 Å². The second kappa shape index (κ2) is 10.4. The molecule has 1 amide bonds. The number of nitrogens with zero attached hydrogens (tertiary/aromatic N) is 1. The van der Waals surface area contributed by atoms with Gasteiger partial charge in [-0.05, 0) is 30.5 Å². The van der Waals surface area contributed by atoms with Gasteiger partial charge in [-0.2, -0.15) is 0 Å². The predicted molar refractivity (Wildman–Crippen MR) is 112 cm³/mol. The van der Waals surface area contributed by atoms with Gasteiger partial charge in [-0.15, -0.1) is 0 Å². The van der Waals surface area contributed by atoms with Gasteiger partial charge in [0.05, 0.1) is 24.0 Å². The first-order valence-electron chi connectivity index (χ1n) is 9.67. The second-order valence-corrected chi connectivity index (χ2v) is 6.98. The van der Waals surface area contributed by atoms with Crippen molar-refractivity contribution in [3.8, 4) is 5.75 Å². The van der Waals surface area contributed by atoms with Gasteiger partial charge in [0.2, 0.25) is 0 Å². The SMILES string of the molecule is CC[C@@H](C)[C@H](C(=O)O[C@@H](C)C(=O)Nc1ccc(OC)cc1[N+](=O)[O-])c1ccccc1. The molecule has 0 aliphatic rings. The predicted octanol–water partition coefficient (Wildman–Crippen LogP) is 4.30. The van der Waals surface area contributed by atoms with Crippen LogP contribution < -0.4 is 10.1 Å². The second-order valence-electron chi connectivity index (χ2n) is 6.98. The zero-order chi connectivity index (χ0) is 22.3. The molecule has 0 aromatic heterocycles. The van der Waals surface area contributed by atoms with Gasteiger partial charge in [-0.3, -0.25) is 19.7 Å². The number of rotatable bonds is 9. The van der Waals surface area contributed by atoms with Crippen LogP contribution in [0.5, 0.6) is 5.75 Å². The summed E-state index contributed by atoms with van der Waals surface area (Å²) in [5.74, 6) is -1.38. The van der Waals surface area contributed by atoms with E-state index in [4.69, 9.17) is 9.47 Å². The first kappa shape index (κ1) is 22.9. The number of methoxy groups -OCH3 is 1. The van der Waals surface area contributed by atoms with Crippen molar-refractivity contribution in [2.45, 2.75) is 39.2 Å². The molecule has 0 saturated heterocycles. The Balaban J connectivity index is 2.14. The number of anilines is 1. The molecule has 0 radical (unpaired) electrons. The van der Waals surface area contributed by atoms with E-state index in [0.29, 0.717) is 5.75 Å². The third-order valence-electron chi connectivity index (χ3n) is 4.95. The van der Waals surface area contributed by atoms with Gasteiger partial charge in [0.15, 0.2) is 6.10 Å². The number of ether oxygens (including phenoxy) is 2. The number of esters is 1. The molecule has 0 spiro atoms. The first-order chi connectivity index (χ1) is 14.3. The molecule has 160 valence electrons.